The topological polar surface area (TPSA) is 64.7 Å². The molecule has 1 N–H and O–H groups in total. The number of rotatable bonds is 4. The maximum atomic E-state index is 12.0. The third kappa shape index (κ3) is 2.18. The van der Waals surface area contributed by atoms with Crippen LogP contribution in [0.3, 0.4) is 0 Å². The monoisotopic (exact) mass is 297 g/mol. The lowest BCUT2D eigenvalue weighted by Gasteiger charge is -2.17. The van der Waals surface area contributed by atoms with Crippen LogP contribution in [0.4, 0.5) is 0 Å². The number of imidazole rings is 1. The second-order valence-corrected chi connectivity index (χ2v) is 5.50. The van der Waals surface area contributed by atoms with Crippen molar-refractivity contribution in [3.05, 3.63) is 11.5 Å². The van der Waals surface area contributed by atoms with Gasteiger partial charge in [-0.05, 0) is 20.3 Å². The molecule has 0 aromatic carbocycles. The van der Waals surface area contributed by atoms with Crippen LogP contribution >= 0.6 is 11.6 Å². The Balaban J connectivity index is 2.74. The van der Waals surface area contributed by atoms with Crippen molar-refractivity contribution in [1.29, 1.82) is 0 Å². The number of halogens is 1. The molecule has 1 amide bonds. The molecule has 2 aromatic rings. The van der Waals surface area contributed by atoms with E-state index in [1.165, 1.54) is 0 Å². The normalized spacial score (nSPS) is 14.5. The summed E-state index contributed by atoms with van der Waals surface area (Å²) >= 11 is 6.23. The molecule has 0 aliphatic heterocycles. The second-order valence-electron chi connectivity index (χ2n) is 4.84. The van der Waals surface area contributed by atoms with Gasteiger partial charge in [-0.2, -0.15) is 5.10 Å². The van der Waals surface area contributed by atoms with E-state index >= 15 is 0 Å². The van der Waals surface area contributed by atoms with Gasteiger partial charge < -0.3 is 5.32 Å². The zero-order valence-corrected chi connectivity index (χ0v) is 13.2. The lowest BCUT2D eigenvalue weighted by atomic mass is 10.3. The predicted octanol–water partition coefficient (Wildman–Crippen LogP) is 1.94. The zero-order valence-electron chi connectivity index (χ0n) is 12.4. The number of aryl methyl sites for hydroxylation is 2. The number of aromatic nitrogens is 4. The minimum absolute atomic E-state index is 0.0814. The largest absolute Gasteiger partial charge is 0.357 e. The average molecular weight is 298 g/mol. The van der Waals surface area contributed by atoms with Crippen LogP contribution in [0.1, 0.15) is 43.7 Å². The molecule has 7 heteroatoms. The Labute approximate surface area is 123 Å². The molecule has 0 fully saturated rings. The van der Waals surface area contributed by atoms with E-state index in [2.05, 4.69) is 15.4 Å². The van der Waals surface area contributed by atoms with E-state index in [9.17, 15) is 4.79 Å². The van der Waals surface area contributed by atoms with Crippen molar-refractivity contribution in [3.63, 3.8) is 0 Å². The molecule has 2 unspecified atom stereocenters. The minimum Gasteiger partial charge on any atom is -0.357 e. The van der Waals surface area contributed by atoms with Crippen molar-refractivity contribution in [3.8, 4) is 0 Å². The molecule has 2 rings (SSSR count). The first-order valence-electron chi connectivity index (χ1n) is 6.71. The molecule has 6 nitrogen and oxygen atoms in total. The van der Waals surface area contributed by atoms with E-state index in [1.807, 2.05) is 32.4 Å². The number of hydrogen-bond donors (Lipinski definition) is 1. The van der Waals surface area contributed by atoms with Crippen LogP contribution < -0.4 is 5.32 Å². The molecule has 0 aliphatic rings. The Morgan fingerprint density at radius 2 is 2.10 bits per heavy atom. The fourth-order valence-corrected chi connectivity index (χ4v) is 2.60. The minimum atomic E-state index is -0.388. The van der Waals surface area contributed by atoms with Gasteiger partial charge in [-0.25, -0.2) is 4.98 Å². The number of amides is 1. The van der Waals surface area contributed by atoms with Crippen molar-refractivity contribution in [2.24, 2.45) is 7.05 Å². The molecule has 0 bridgehead atoms. The first-order chi connectivity index (χ1) is 9.42. The van der Waals surface area contributed by atoms with E-state index in [0.717, 1.165) is 23.3 Å². The fourth-order valence-electron chi connectivity index (χ4n) is 2.45. The number of likely N-dealkylation sites (N-methyl/N-ethyl adjacent to an activating group) is 1. The highest BCUT2D eigenvalue weighted by atomic mass is 35.5. The maximum absolute atomic E-state index is 12.0. The number of carbonyl (C=O) groups excluding carboxylic acids is 1. The summed E-state index contributed by atoms with van der Waals surface area (Å²) in [4.78, 5) is 16.6. The third-order valence-corrected chi connectivity index (χ3v) is 3.66. The van der Waals surface area contributed by atoms with E-state index in [-0.39, 0.29) is 17.3 Å². The Bertz CT molecular complexity index is 643. The molecule has 110 valence electrons. The lowest BCUT2D eigenvalue weighted by Crippen LogP contribution is -2.29. The molecule has 2 atom stereocenters. The molecule has 0 spiro atoms. The average Bonchev–Trinajstić information content (AvgIpc) is 2.95. The maximum Gasteiger partial charge on any atom is 0.242 e. The number of carbonyl (C=O) groups is 1. The Morgan fingerprint density at radius 1 is 1.45 bits per heavy atom. The van der Waals surface area contributed by atoms with Crippen molar-refractivity contribution >= 4 is 28.7 Å². The number of hydrogen-bond acceptors (Lipinski definition) is 3. The van der Waals surface area contributed by atoms with Gasteiger partial charge in [0, 0.05) is 14.1 Å². The Hall–Kier alpha value is -1.56. The fraction of sp³-hybridized carbons (Fsp3) is 0.615. The Kier molecular flexibility index (Phi) is 4.04. The van der Waals surface area contributed by atoms with Crippen LogP contribution in [0.15, 0.2) is 0 Å². The van der Waals surface area contributed by atoms with Gasteiger partial charge in [0.1, 0.15) is 17.4 Å². The van der Waals surface area contributed by atoms with Gasteiger partial charge in [-0.1, -0.05) is 6.92 Å². The zero-order chi connectivity index (χ0) is 15.0. The second kappa shape index (κ2) is 5.44. The van der Waals surface area contributed by atoms with Crippen LogP contribution in [0.2, 0.25) is 0 Å². The summed E-state index contributed by atoms with van der Waals surface area (Å²) in [5, 5.41) is 6.84. The Morgan fingerprint density at radius 3 is 2.60 bits per heavy atom. The van der Waals surface area contributed by atoms with Gasteiger partial charge in [0.05, 0.1) is 11.1 Å². The highest BCUT2D eigenvalue weighted by Crippen LogP contribution is 2.29. The van der Waals surface area contributed by atoms with Crippen LogP contribution in [-0.2, 0) is 18.3 Å². The molecule has 2 heterocycles. The molecule has 0 radical (unpaired) electrons. The predicted molar refractivity (Wildman–Crippen MR) is 78.9 cm³/mol. The van der Waals surface area contributed by atoms with Gasteiger partial charge in [0.25, 0.3) is 0 Å². The number of fused-ring (bicyclic) bond motifs is 1. The van der Waals surface area contributed by atoms with E-state index < -0.39 is 0 Å². The smallest absolute Gasteiger partial charge is 0.242 e. The number of nitrogens with zero attached hydrogens (tertiary/aromatic N) is 4. The van der Waals surface area contributed by atoms with Crippen LogP contribution in [-0.4, -0.2) is 32.3 Å². The van der Waals surface area contributed by atoms with Crippen molar-refractivity contribution in [2.45, 2.75) is 38.6 Å². The summed E-state index contributed by atoms with van der Waals surface area (Å²) in [5.74, 6) is 0.614. The highest BCUT2D eigenvalue weighted by molar-refractivity contribution is 6.20. The van der Waals surface area contributed by atoms with Crippen molar-refractivity contribution in [2.75, 3.05) is 7.05 Å². The summed E-state index contributed by atoms with van der Waals surface area (Å²) in [6.45, 7) is 5.73. The van der Waals surface area contributed by atoms with Gasteiger partial charge in [0.2, 0.25) is 5.91 Å². The van der Waals surface area contributed by atoms with Gasteiger partial charge in [0.15, 0.2) is 5.65 Å². The van der Waals surface area contributed by atoms with E-state index in [4.69, 9.17) is 11.6 Å². The first-order valence-corrected chi connectivity index (χ1v) is 7.15. The summed E-state index contributed by atoms with van der Waals surface area (Å²) in [5.41, 5.74) is 2.58. The first kappa shape index (κ1) is 14.8. The van der Waals surface area contributed by atoms with Crippen LogP contribution in [0.25, 0.3) is 11.2 Å². The number of nitrogens with one attached hydrogen (secondary N) is 1. The SMILES string of the molecule is CCc1nn(C)c2c1nc(C(C)Cl)n2C(C)C(=O)NC. The van der Waals surface area contributed by atoms with E-state index in [0.29, 0.717) is 5.82 Å². The van der Waals surface area contributed by atoms with Gasteiger partial charge >= 0.3 is 0 Å². The van der Waals surface area contributed by atoms with E-state index in [1.54, 1.807) is 11.7 Å². The summed E-state index contributed by atoms with van der Waals surface area (Å²) in [6.07, 6.45) is 0.790. The summed E-state index contributed by atoms with van der Waals surface area (Å²) in [6, 6.07) is -0.388. The summed E-state index contributed by atoms with van der Waals surface area (Å²) in [7, 11) is 3.48. The van der Waals surface area contributed by atoms with Crippen molar-refractivity contribution < 1.29 is 4.79 Å². The van der Waals surface area contributed by atoms with Gasteiger partial charge in [-0.15, -0.1) is 11.6 Å². The molecule has 0 aliphatic carbocycles. The van der Waals surface area contributed by atoms with Crippen molar-refractivity contribution in [1.82, 2.24) is 24.6 Å². The van der Waals surface area contributed by atoms with Crippen LogP contribution in [0.5, 0.6) is 0 Å². The molecule has 0 saturated carbocycles. The third-order valence-electron chi connectivity index (χ3n) is 3.47. The lowest BCUT2D eigenvalue weighted by molar-refractivity contribution is -0.123. The molecule has 2 aromatic heterocycles. The molecule has 0 saturated heterocycles. The standard InChI is InChI=1S/C13H20ClN5O/c1-6-9-10-13(18(5)17-9)19(8(3)12(20)15-4)11(16-10)7(2)14/h7-8H,6H2,1-5H3,(H,15,20). The highest BCUT2D eigenvalue weighted by Gasteiger charge is 2.26. The molecular weight excluding hydrogens is 278 g/mol. The quantitative estimate of drug-likeness (QED) is 0.877. The summed E-state index contributed by atoms with van der Waals surface area (Å²) < 4.78 is 3.64. The van der Waals surface area contributed by atoms with Crippen LogP contribution in [0, 0.1) is 0 Å². The van der Waals surface area contributed by atoms with Gasteiger partial charge in [-0.3, -0.25) is 14.0 Å². The molecular formula is C13H20ClN5O. The number of alkyl halides is 1. The molecule has 20 heavy (non-hydrogen) atoms.